The largest absolute Gasteiger partial charge is 0.396 e. The minimum absolute atomic E-state index is 0.112. The highest BCUT2D eigenvalue weighted by atomic mass is 16.3. The Bertz CT molecular complexity index is 421. The van der Waals surface area contributed by atoms with E-state index >= 15 is 0 Å². The second-order valence-corrected chi connectivity index (χ2v) is 5.17. The van der Waals surface area contributed by atoms with E-state index in [0.29, 0.717) is 6.04 Å². The van der Waals surface area contributed by atoms with E-state index in [-0.39, 0.29) is 12.5 Å². The van der Waals surface area contributed by atoms with Crippen molar-refractivity contribution in [3.8, 4) is 0 Å². The first-order valence-electron chi connectivity index (χ1n) is 6.71. The van der Waals surface area contributed by atoms with Gasteiger partial charge in [0.1, 0.15) is 5.69 Å². The normalized spacial score (nSPS) is 14.8. The third kappa shape index (κ3) is 2.93. The van der Waals surface area contributed by atoms with Gasteiger partial charge in [-0.1, -0.05) is 0 Å². The van der Waals surface area contributed by atoms with E-state index in [4.69, 9.17) is 5.11 Å². The molecule has 0 atom stereocenters. The molecule has 1 heterocycles. The first-order chi connectivity index (χ1) is 8.63. The summed E-state index contributed by atoms with van der Waals surface area (Å²) in [5, 5.41) is 8.83. The molecule has 0 aliphatic heterocycles. The number of hydrogen-bond acceptors (Lipinski definition) is 2. The lowest BCUT2D eigenvalue weighted by Gasteiger charge is -2.22. The van der Waals surface area contributed by atoms with E-state index in [0.717, 1.165) is 49.2 Å². The Balaban J connectivity index is 2.05. The van der Waals surface area contributed by atoms with Crippen molar-refractivity contribution in [2.75, 3.05) is 13.2 Å². The lowest BCUT2D eigenvalue weighted by atomic mass is 10.2. The number of amides is 1. The highest BCUT2D eigenvalue weighted by Crippen LogP contribution is 2.29. The fourth-order valence-electron chi connectivity index (χ4n) is 2.32. The zero-order valence-electron chi connectivity index (χ0n) is 11.2. The molecule has 18 heavy (non-hydrogen) atoms. The van der Waals surface area contributed by atoms with Crippen molar-refractivity contribution in [3.63, 3.8) is 0 Å². The van der Waals surface area contributed by atoms with E-state index in [1.54, 1.807) is 0 Å². The summed E-state index contributed by atoms with van der Waals surface area (Å²) in [6.45, 7) is 4.89. The predicted octanol–water partition coefficient (Wildman–Crippen LogP) is 2.01. The van der Waals surface area contributed by atoms with Gasteiger partial charge < -0.3 is 15.0 Å². The van der Waals surface area contributed by atoms with E-state index < -0.39 is 0 Å². The van der Waals surface area contributed by atoms with Crippen LogP contribution in [-0.2, 0) is 0 Å². The Morgan fingerprint density at radius 2 is 2.17 bits per heavy atom. The Kier molecular flexibility index (Phi) is 4.07. The summed E-state index contributed by atoms with van der Waals surface area (Å²) < 4.78 is 0. The maximum Gasteiger partial charge on any atom is 0.270 e. The molecule has 0 saturated heterocycles. The molecule has 0 spiro atoms. The van der Waals surface area contributed by atoms with Crippen LogP contribution in [0.15, 0.2) is 6.07 Å². The van der Waals surface area contributed by atoms with Crippen LogP contribution < -0.4 is 0 Å². The number of unbranched alkanes of at least 4 members (excludes halogenated alkanes) is 1. The molecular formula is C14H22N2O2. The lowest BCUT2D eigenvalue weighted by molar-refractivity contribution is 0.0731. The summed E-state index contributed by atoms with van der Waals surface area (Å²) in [5.74, 6) is 0.112. The average molecular weight is 250 g/mol. The summed E-state index contributed by atoms with van der Waals surface area (Å²) >= 11 is 0. The van der Waals surface area contributed by atoms with Crippen molar-refractivity contribution in [2.24, 2.45) is 0 Å². The van der Waals surface area contributed by atoms with Crippen molar-refractivity contribution in [3.05, 3.63) is 23.0 Å². The summed E-state index contributed by atoms with van der Waals surface area (Å²) in [5.41, 5.74) is 2.77. The van der Waals surface area contributed by atoms with Crippen molar-refractivity contribution < 1.29 is 9.90 Å². The van der Waals surface area contributed by atoms with Crippen molar-refractivity contribution >= 4 is 5.91 Å². The molecule has 4 heteroatoms. The van der Waals surface area contributed by atoms with Crippen LogP contribution in [0.3, 0.4) is 0 Å². The Labute approximate surface area is 108 Å². The van der Waals surface area contributed by atoms with Gasteiger partial charge in [0.15, 0.2) is 0 Å². The van der Waals surface area contributed by atoms with Crippen molar-refractivity contribution in [1.29, 1.82) is 0 Å². The monoisotopic (exact) mass is 250 g/mol. The van der Waals surface area contributed by atoms with Crippen LogP contribution in [-0.4, -0.2) is 40.1 Å². The molecule has 1 aliphatic carbocycles. The predicted molar refractivity (Wildman–Crippen MR) is 70.6 cm³/mol. The molecule has 0 aromatic carbocycles. The van der Waals surface area contributed by atoms with Crippen LogP contribution in [0.5, 0.6) is 0 Å². The van der Waals surface area contributed by atoms with Gasteiger partial charge in [-0.15, -0.1) is 0 Å². The van der Waals surface area contributed by atoms with Crippen LogP contribution in [0.4, 0.5) is 0 Å². The lowest BCUT2D eigenvalue weighted by Crippen LogP contribution is -2.34. The minimum Gasteiger partial charge on any atom is -0.396 e. The number of aromatic nitrogens is 1. The first-order valence-corrected chi connectivity index (χ1v) is 6.71. The highest BCUT2D eigenvalue weighted by Gasteiger charge is 2.33. The van der Waals surface area contributed by atoms with E-state index in [9.17, 15) is 4.79 Å². The maximum absolute atomic E-state index is 12.5. The standard InChI is InChI=1S/C14H22N2O2/c1-10-9-11(2)15-13(10)14(18)16(12-5-6-12)7-3-4-8-17/h9,12,15,17H,3-8H2,1-2H3. The van der Waals surface area contributed by atoms with Crippen LogP contribution in [0.1, 0.15) is 47.4 Å². The molecule has 1 fully saturated rings. The number of aryl methyl sites for hydroxylation is 2. The Hall–Kier alpha value is -1.29. The average Bonchev–Trinajstić information content (AvgIpc) is 3.10. The van der Waals surface area contributed by atoms with Crippen molar-refractivity contribution in [2.45, 2.75) is 45.6 Å². The zero-order chi connectivity index (χ0) is 13.1. The van der Waals surface area contributed by atoms with Gasteiger partial charge in [-0.05, 0) is 51.2 Å². The summed E-state index contributed by atoms with van der Waals surface area (Å²) in [4.78, 5) is 17.6. The molecular weight excluding hydrogens is 228 g/mol. The molecule has 1 aromatic rings. The summed E-state index contributed by atoms with van der Waals surface area (Å²) in [6.07, 6.45) is 3.87. The summed E-state index contributed by atoms with van der Waals surface area (Å²) in [7, 11) is 0. The fraction of sp³-hybridized carbons (Fsp3) is 0.643. The Morgan fingerprint density at radius 1 is 1.44 bits per heavy atom. The molecule has 4 nitrogen and oxygen atoms in total. The number of nitrogens with zero attached hydrogens (tertiary/aromatic N) is 1. The maximum atomic E-state index is 12.5. The van der Waals surface area contributed by atoms with E-state index in [1.807, 2.05) is 24.8 Å². The number of rotatable bonds is 6. The molecule has 0 bridgehead atoms. The van der Waals surface area contributed by atoms with Gasteiger partial charge in [0.25, 0.3) is 5.91 Å². The molecule has 100 valence electrons. The number of nitrogens with one attached hydrogen (secondary N) is 1. The van der Waals surface area contributed by atoms with Crippen molar-refractivity contribution in [1.82, 2.24) is 9.88 Å². The van der Waals surface area contributed by atoms with Crippen LogP contribution in [0, 0.1) is 13.8 Å². The van der Waals surface area contributed by atoms with E-state index in [2.05, 4.69) is 4.98 Å². The van der Waals surface area contributed by atoms with Gasteiger partial charge >= 0.3 is 0 Å². The van der Waals surface area contributed by atoms with Gasteiger partial charge in [0, 0.05) is 24.9 Å². The van der Waals surface area contributed by atoms with Crippen LogP contribution >= 0.6 is 0 Å². The second-order valence-electron chi connectivity index (χ2n) is 5.17. The van der Waals surface area contributed by atoms with Gasteiger partial charge in [-0.25, -0.2) is 0 Å². The quantitative estimate of drug-likeness (QED) is 0.759. The third-order valence-electron chi connectivity index (χ3n) is 3.42. The second kappa shape index (κ2) is 5.57. The molecule has 1 amide bonds. The van der Waals surface area contributed by atoms with Crippen LogP contribution in [0.25, 0.3) is 0 Å². The summed E-state index contributed by atoms with van der Waals surface area (Å²) in [6, 6.07) is 2.42. The van der Waals surface area contributed by atoms with Gasteiger partial charge in [-0.2, -0.15) is 0 Å². The number of H-pyrrole nitrogens is 1. The molecule has 1 saturated carbocycles. The van der Waals surface area contributed by atoms with Gasteiger partial charge in [0.2, 0.25) is 0 Å². The van der Waals surface area contributed by atoms with Gasteiger partial charge in [0.05, 0.1) is 0 Å². The number of aliphatic hydroxyl groups is 1. The van der Waals surface area contributed by atoms with Gasteiger partial charge in [-0.3, -0.25) is 4.79 Å². The number of carbonyl (C=O) groups excluding carboxylic acids is 1. The van der Waals surface area contributed by atoms with E-state index in [1.165, 1.54) is 0 Å². The Morgan fingerprint density at radius 3 is 2.67 bits per heavy atom. The SMILES string of the molecule is Cc1cc(C)c(C(=O)N(CCCCO)C2CC2)[nH]1. The number of aromatic amines is 1. The fourth-order valence-corrected chi connectivity index (χ4v) is 2.32. The molecule has 0 radical (unpaired) electrons. The number of hydrogen-bond donors (Lipinski definition) is 2. The first kappa shape index (κ1) is 13.1. The third-order valence-corrected chi connectivity index (χ3v) is 3.42. The zero-order valence-corrected chi connectivity index (χ0v) is 11.2. The topological polar surface area (TPSA) is 56.3 Å². The smallest absolute Gasteiger partial charge is 0.270 e. The molecule has 2 N–H and O–H groups in total. The van der Waals surface area contributed by atoms with Crippen LogP contribution in [0.2, 0.25) is 0 Å². The highest BCUT2D eigenvalue weighted by molar-refractivity contribution is 5.94. The molecule has 0 unspecified atom stereocenters. The number of carbonyl (C=O) groups is 1. The molecule has 1 aromatic heterocycles. The number of aliphatic hydroxyl groups excluding tert-OH is 1. The minimum atomic E-state index is 0.112. The molecule has 1 aliphatic rings. The molecule has 2 rings (SSSR count).